The lowest BCUT2D eigenvalue weighted by Crippen LogP contribution is -2.64. The fourth-order valence-corrected chi connectivity index (χ4v) is 4.35. The number of rotatable bonds is 5. The van der Waals surface area contributed by atoms with Crippen molar-refractivity contribution in [3.8, 4) is 0 Å². The third kappa shape index (κ3) is 2.86. The van der Waals surface area contributed by atoms with Crippen molar-refractivity contribution >= 4 is 0 Å². The van der Waals surface area contributed by atoms with E-state index in [0.29, 0.717) is 23.6 Å². The van der Waals surface area contributed by atoms with Gasteiger partial charge in [0.2, 0.25) is 0 Å². The third-order valence-electron chi connectivity index (χ3n) is 5.59. The van der Waals surface area contributed by atoms with Crippen molar-refractivity contribution in [1.82, 2.24) is 10.3 Å². The Hall–Kier alpha value is -0.930. The molecule has 3 heteroatoms. The lowest BCUT2D eigenvalue weighted by atomic mass is 9.55. The SMILES string of the molecule is CCOC1CC(NC(C)c2ccncc2)C12CCCCC2. The minimum absolute atomic E-state index is 0.388. The van der Waals surface area contributed by atoms with Crippen LogP contribution in [0.5, 0.6) is 0 Å². The molecule has 1 N–H and O–H groups in total. The first-order valence-electron chi connectivity index (χ1n) is 8.54. The summed E-state index contributed by atoms with van der Waals surface area (Å²) in [6.45, 7) is 5.23. The van der Waals surface area contributed by atoms with E-state index in [1.165, 1.54) is 44.1 Å². The van der Waals surface area contributed by atoms with Gasteiger partial charge in [-0.3, -0.25) is 4.98 Å². The second-order valence-corrected chi connectivity index (χ2v) is 6.69. The summed E-state index contributed by atoms with van der Waals surface area (Å²) in [6.07, 6.45) is 12.2. The number of nitrogens with zero attached hydrogens (tertiary/aromatic N) is 1. The molecule has 0 aliphatic heterocycles. The van der Waals surface area contributed by atoms with E-state index >= 15 is 0 Å². The van der Waals surface area contributed by atoms with Crippen molar-refractivity contribution in [2.24, 2.45) is 5.41 Å². The summed E-state index contributed by atoms with van der Waals surface area (Å²) in [6, 6.07) is 5.23. The fourth-order valence-electron chi connectivity index (χ4n) is 4.35. The molecule has 2 aliphatic carbocycles. The zero-order valence-corrected chi connectivity index (χ0v) is 13.3. The molecule has 3 unspecified atom stereocenters. The Labute approximate surface area is 128 Å². The van der Waals surface area contributed by atoms with E-state index in [2.05, 4.69) is 36.3 Å². The highest BCUT2D eigenvalue weighted by atomic mass is 16.5. The maximum Gasteiger partial charge on any atom is 0.0661 e. The summed E-state index contributed by atoms with van der Waals surface area (Å²) in [5.41, 5.74) is 1.73. The maximum atomic E-state index is 6.04. The van der Waals surface area contributed by atoms with Gasteiger partial charge in [-0.2, -0.15) is 0 Å². The lowest BCUT2D eigenvalue weighted by molar-refractivity contribution is -0.152. The Balaban J connectivity index is 1.67. The van der Waals surface area contributed by atoms with Gasteiger partial charge in [0, 0.05) is 36.5 Å². The van der Waals surface area contributed by atoms with E-state index in [9.17, 15) is 0 Å². The average Bonchev–Trinajstić information content (AvgIpc) is 2.55. The first-order valence-corrected chi connectivity index (χ1v) is 8.54. The Morgan fingerprint density at radius 3 is 2.67 bits per heavy atom. The molecular weight excluding hydrogens is 260 g/mol. The highest BCUT2D eigenvalue weighted by molar-refractivity contribution is 5.17. The molecule has 0 amide bonds. The van der Waals surface area contributed by atoms with E-state index < -0.39 is 0 Å². The molecule has 1 aromatic heterocycles. The van der Waals surface area contributed by atoms with Crippen molar-refractivity contribution in [2.45, 2.75) is 70.6 Å². The van der Waals surface area contributed by atoms with Gasteiger partial charge in [0.05, 0.1) is 6.10 Å². The van der Waals surface area contributed by atoms with Crippen LogP contribution in [0.3, 0.4) is 0 Å². The molecule has 2 aliphatic rings. The molecule has 0 aromatic carbocycles. The van der Waals surface area contributed by atoms with Crippen LogP contribution >= 0.6 is 0 Å². The van der Waals surface area contributed by atoms with Crippen molar-refractivity contribution in [2.75, 3.05) is 6.61 Å². The molecule has 1 aromatic rings. The van der Waals surface area contributed by atoms with E-state index in [1.807, 2.05) is 12.4 Å². The van der Waals surface area contributed by atoms with Gasteiger partial charge >= 0.3 is 0 Å². The van der Waals surface area contributed by atoms with Crippen molar-refractivity contribution in [3.05, 3.63) is 30.1 Å². The summed E-state index contributed by atoms with van der Waals surface area (Å²) < 4.78 is 6.04. The Morgan fingerprint density at radius 1 is 1.29 bits per heavy atom. The van der Waals surface area contributed by atoms with Gasteiger partial charge in [-0.1, -0.05) is 19.3 Å². The van der Waals surface area contributed by atoms with Crippen LogP contribution < -0.4 is 5.32 Å². The first-order chi connectivity index (χ1) is 10.3. The van der Waals surface area contributed by atoms with Gasteiger partial charge in [0.25, 0.3) is 0 Å². The Morgan fingerprint density at radius 2 is 2.00 bits per heavy atom. The van der Waals surface area contributed by atoms with Gasteiger partial charge < -0.3 is 10.1 Å². The van der Waals surface area contributed by atoms with Crippen LogP contribution in [0.15, 0.2) is 24.5 Å². The van der Waals surface area contributed by atoms with E-state index in [4.69, 9.17) is 4.74 Å². The molecular formula is C18H28N2O. The standard InChI is InChI=1S/C18H28N2O/c1-3-21-17-13-16(18(17)9-5-4-6-10-18)20-14(2)15-7-11-19-12-8-15/h7-8,11-12,14,16-17,20H,3-6,9-10,13H2,1-2H3. The highest BCUT2D eigenvalue weighted by Crippen LogP contribution is 2.53. The third-order valence-corrected chi connectivity index (χ3v) is 5.59. The summed E-state index contributed by atoms with van der Waals surface area (Å²) in [5, 5.41) is 3.87. The Kier molecular flexibility index (Phi) is 4.60. The lowest BCUT2D eigenvalue weighted by Gasteiger charge is -2.58. The molecule has 0 saturated heterocycles. The van der Waals surface area contributed by atoms with Gasteiger partial charge in [0.15, 0.2) is 0 Å². The zero-order chi connectivity index (χ0) is 14.7. The van der Waals surface area contributed by atoms with Crippen LogP contribution in [0.4, 0.5) is 0 Å². The van der Waals surface area contributed by atoms with Crippen LogP contribution in [0.2, 0.25) is 0 Å². The summed E-state index contributed by atoms with van der Waals surface area (Å²) >= 11 is 0. The molecule has 0 radical (unpaired) electrons. The fraction of sp³-hybridized carbons (Fsp3) is 0.722. The largest absolute Gasteiger partial charge is 0.378 e. The van der Waals surface area contributed by atoms with Crippen LogP contribution in [0.25, 0.3) is 0 Å². The van der Waals surface area contributed by atoms with E-state index in [-0.39, 0.29) is 0 Å². The number of pyridine rings is 1. The first kappa shape index (κ1) is 15.0. The molecule has 3 rings (SSSR count). The topological polar surface area (TPSA) is 34.1 Å². The summed E-state index contributed by atoms with van der Waals surface area (Å²) in [4.78, 5) is 4.11. The van der Waals surface area contributed by atoms with Gasteiger partial charge in [0.1, 0.15) is 0 Å². The quantitative estimate of drug-likeness (QED) is 0.893. The van der Waals surface area contributed by atoms with Gasteiger partial charge in [-0.25, -0.2) is 0 Å². The van der Waals surface area contributed by atoms with Crippen molar-refractivity contribution in [3.63, 3.8) is 0 Å². The number of ether oxygens (including phenoxy) is 1. The molecule has 1 spiro atoms. The predicted octanol–water partition coefficient (Wildman–Crippen LogP) is 3.86. The average molecular weight is 288 g/mol. The van der Waals surface area contributed by atoms with Crippen LogP contribution in [0.1, 0.15) is 64.0 Å². The minimum atomic E-state index is 0.388. The molecule has 1 heterocycles. The van der Waals surface area contributed by atoms with Gasteiger partial charge in [-0.15, -0.1) is 0 Å². The van der Waals surface area contributed by atoms with Gasteiger partial charge in [-0.05, 0) is 50.8 Å². The maximum absolute atomic E-state index is 6.04. The predicted molar refractivity (Wildman–Crippen MR) is 85.1 cm³/mol. The number of hydrogen-bond donors (Lipinski definition) is 1. The number of hydrogen-bond acceptors (Lipinski definition) is 3. The molecule has 21 heavy (non-hydrogen) atoms. The minimum Gasteiger partial charge on any atom is -0.378 e. The smallest absolute Gasteiger partial charge is 0.0661 e. The Bertz CT molecular complexity index is 442. The molecule has 2 fully saturated rings. The molecule has 3 nitrogen and oxygen atoms in total. The van der Waals surface area contributed by atoms with Crippen LogP contribution in [-0.4, -0.2) is 23.7 Å². The molecule has 2 saturated carbocycles. The van der Waals surface area contributed by atoms with Crippen molar-refractivity contribution in [1.29, 1.82) is 0 Å². The van der Waals surface area contributed by atoms with Crippen LogP contribution in [0, 0.1) is 5.41 Å². The summed E-state index contributed by atoms with van der Waals surface area (Å²) in [7, 11) is 0. The molecule has 116 valence electrons. The number of nitrogens with one attached hydrogen (secondary N) is 1. The number of aromatic nitrogens is 1. The van der Waals surface area contributed by atoms with E-state index in [0.717, 1.165) is 6.61 Å². The monoisotopic (exact) mass is 288 g/mol. The zero-order valence-electron chi connectivity index (χ0n) is 13.3. The summed E-state index contributed by atoms with van der Waals surface area (Å²) in [5.74, 6) is 0. The molecule has 3 atom stereocenters. The van der Waals surface area contributed by atoms with Crippen molar-refractivity contribution < 1.29 is 4.74 Å². The van der Waals surface area contributed by atoms with Crippen LogP contribution in [-0.2, 0) is 4.74 Å². The van der Waals surface area contributed by atoms with E-state index in [1.54, 1.807) is 0 Å². The molecule has 0 bridgehead atoms. The normalized spacial score (nSPS) is 29.0. The second kappa shape index (κ2) is 6.45. The highest BCUT2D eigenvalue weighted by Gasteiger charge is 2.55. The second-order valence-electron chi connectivity index (χ2n) is 6.69.